The Labute approximate surface area is 109 Å². The van der Waals surface area contributed by atoms with E-state index in [1.165, 1.54) is 11.1 Å². The molecule has 1 saturated carbocycles. The third kappa shape index (κ3) is 1.50. The van der Waals surface area contributed by atoms with E-state index in [0.29, 0.717) is 6.79 Å². The highest BCUT2D eigenvalue weighted by Crippen LogP contribution is 2.55. The summed E-state index contributed by atoms with van der Waals surface area (Å²) in [4.78, 5) is 0. The molecular formula is C13H16BrNO2. The number of hydrogen-bond acceptors (Lipinski definition) is 3. The van der Waals surface area contributed by atoms with E-state index in [4.69, 9.17) is 15.2 Å². The zero-order valence-electron chi connectivity index (χ0n) is 10.0. The third-order valence-corrected chi connectivity index (χ3v) is 4.63. The van der Waals surface area contributed by atoms with Crippen molar-refractivity contribution < 1.29 is 9.47 Å². The van der Waals surface area contributed by atoms with Crippen molar-refractivity contribution >= 4 is 15.9 Å². The van der Waals surface area contributed by atoms with Gasteiger partial charge in [-0.25, -0.2) is 0 Å². The normalized spacial score (nSPS) is 21.4. The molecule has 0 bridgehead atoms. The third-order valence-electron chi connectivity index (χ3n) is 4.04. The van der Waals surface area contributed by atoms with Crippen LogP contribution in [0, 0.1) is 6.92 Å². The molecule has 3 rings (SSSR count). The van der Waals surface area contributed by atoms with Crippen LogP contribution in [0.4, 0.5) is 0 Å². The van der Waals surface area contributed by atoms with E-state index in [1.54, 1.807) is 0 Å². The summed E-state index contributed by atoms with van der Waals surface area (Å²) in [6.07, 6.45) is 2.33. The predicted octanol–water partition coefficient (Wildman–Crippen LogP) is 2.87. The molecular weight excluding hydrogens is 282 g/mol. The summed E-state index contributed by atoms with van der Waals surface area (Å²) >= 11 is 3.56. The predicted molar refractivity (Wildman–Crippen MR) is 69.6 cm³/mol. The van der Waals surface area contributed by atoms with Gasteiger partial charge >= 0.3 is 0 Å². The summed E-state index contributed by atoms with van der Waals surface area (Å²) in [5.41, 5.74) is 8.77. The molecule has 1 aromatic carbocycles. The van der Waals surface area contributed by atoms with E-state index in [2.05, 4.69) is 35.8 Å². The smallest absolute Gasteiger partial charge is 0.231 e. The van der Waals surface area contributed by atoms with Crippen molar-refractivity contribution in [3.05, 3.63) is 21.7 Å². The van der Waals surface area contributed by atoms with E-state index in [-0.39, 0.29) is 11.5 Å². The Morgan fingerprint density at radius 1 is 1.35 bits per heavy atom. The van der Waals surface area contributed by atoms with E-state index in [1.807, 2.05) is 0 Å². The van der Waals surface area contributed by atoms with Crippen LogP contribution in [0.1, 0.15) is 30.9 Å². The summed E-state index contributed by atoms with van der Waals surface area (Å²) in [6, 6.07) is 2.33. The number of rotatable bonds is 2. The summed E-state index contributed by atoms with van der Waals surface area (Å²) in [5.74, 6) is 1.70. The lowest BCUT2D eigenvalue weighted by Crippen LogP contribution is -2.32. The zero-order valence-corrected chi connectivity index (χ0v) is 11.6. The molecule has 0 saturated heterocycles. The maximum absolute atomic E-state index is 6.14. The SMILES string of the molecule is Cc1c(C2(C(C)N)CC2)cc(Br)c2c1OCO2. The minimum Gasteiger partial charge on any atom is -0.453 e. The average molecular weight is 298 g/mol. The summed E-state index contributed by atoms with van der Waals surface area (Å²) < 4.78 is 12.0. The van der Waals surface area contributed by atoms with Crippen LogP contribution in [0.25, 0.3) is 0 Å². The monoisotopic (exact) mass is 297 g/mol. The van der Waals surface area contributed by atoms with Gasteiger partial charge in [0.25, 0.3) is 0 Å². The molecule has 92 valence electrons. The Morgan fingerprint density at radius 2 is 2.00 bits per heavy atom. The van der Waals surface area contributed by atoms with Gasteiger partial charge in [-0.2, -0.15) is 0 Å². The maximum Gasteiger partial charge on any atom is 0.231 e. The van der Waals surface area contributed by atoms with E-state index < -0.39 is 0 Å². The number of hydrogen-bond donors (Lipinski definition) is 1. The second kappa shape index (κ2) is 3.62. The second-order valence-electron chi connectivity index (χ2n) is 5.04. The molecule has 0 aromatic heterocycles. The average Bonchev–Trinajstić information content (AvgIpc) is 2.93. The Hall–Kier alpha value is -0.740. The lowest BCUT2D eigenvalue weighted by molar-refractivity contribution is 0.173. The van der Waals surface area contributed by atoms with Crippen molar-refractivity contribution in [2.45, 2.75) is 38.1 Å². The van der Waals surface area contributed by atoms with Crippen molar-refractivity contribution in [1.29, 1.82) is 0 Å². The fourth-order valence-electron chi connectivity index (χ4n) is 2.78. The van der Waals surface area contributed by atoms with Gasteiger partial charge in [-0.05, 0) is 59.8 Å². The molecule has 1 aromatic rings. The molecule has 1 fully saturated rings. The molecule has 2 aliphatic rings. The van der Waals surface area contributed by atoms with Gasteiger partial charge in [0.15, 0.2) is 11.5 Å². The minimum absolute atomic E-state index is 0.146. The molecule has 1 unspecified atom stereocenters. The van der Waals surface area contributed by atoms with Crippen LogP contribution in [0.2, 0.25) is 0 Å². The van der Waals surface area contributed by atoms with Crippen LogP contribution in [0.5, 0.6) is 11.5 Å². The van der Waals surface area contributed by atoms with Gasteiger partial charge in [-0.15, -0.1) is 0 Å². The highest BCUT2D eigenvalue weighted by atomic mass is 79.9. The molecule has 1 aliphatic carbocycles. The van der Waals surface area contributed by atoms with Crippen LogP contribution < -0.4 is 15.2 Å². The van der Waals surface area contributed by atoms with E-state index >= 15 is 0 Å². The fourth-order valence-corrected chi connectivity index (χ4v) is 3.30. The molecule has 17 heavy (non-hydrogen) atoms. The lowest BCUT2D eigenvalue weighted by Gasteiger charge is -2.23. The standard InChI is InChI=1S/C13H16BrNO2/c1-7-9(13(3-4-13)8(2)15)5-10(14)12-11(7)16-6-17-12/h5,8H,3-4,6,15H2,1-2H3. The first kappa shape index (κ1) is 11.4. The van der Waals surface area contributed by atoms with Gasteiger partial charge in [0.05, 0.1) is 4.47 Å². The quantitative estimate of drug-likeness (QED) is 0.913. The van der Waals surface area contributed by atoms with Gasteiger partial charge in [0, 0.05) is 11.5 Å². The lowest BCUT2D eigenvalue weighted by atomic mass is 9.86. The Kier molecular flexibility index (Phi) is 2.42. The number of fused-ring (bicyclic) bond motifs is 1. The molecule has 2 N–H and O–H groups in total. The summed E-state index contributed by atoms with van der Waals surface area (Å²) in [7, 11) is 0. The maximum atomic E-state index is 6.14. The van der Waals surface area contributed by atoms with Crippen LogP contribution in [-0.2, 0) is 5.41 Å². The highest BCUT2D eigenvalue weighted by molar-refractivity contribution is 9.10. The number of ether oxygens (including phenoxy) is 2. The number of benzene rings is 1. The van der Waals surface area contributed by atoms with Gasteiger partial charge in [0.2, 0.25) is 6.79 Å². The summed E-state index contributed by atoms with van der Waals surface area (Å²) in [6.45, 7) is 4.49. The van der Waals surface area contributed by atoms with Gasteiger partial charge in [-0.3, -0.25) is 0 Å². The van der Waals surface area contributed by atoms with Crippen molar-refractivity contribution in [2.75, 3.05) is 6.79 Å². The second-order valence-corrected chi connectivity index (χ2v) is 5.89. The Bertz CT molecular complexity index is 481. The van der Waals surface area contributed by atoms with Crippen molar-refractivity contribution in [3.63, 3.8) is 0 Å². The van der Waals surface area contributed by atoms with Crippen LogP contribution in [-0.4, -0.2) is 12.8 Å². The van der Waals surface area contributed by atoms with Crippen molar-refractivity contribution in [1.82, 2.24) is 0 Å². The highest BCUT2D eigenvalue weighted by Gasteiger charge is 2.49. The van der Waals surface area contributed by atoms with Crippen molar-refractivity contribution in [3.8, 4) is 11.5 Å². The van der Waals surface area contributed by atoms with Crippen LogP contribution in [0.3, 0.4) is 0 Å². The van der Waals surface area contributed by atoms with Gasteiger partial charge < -0.3 is 15.2 Å². The molecule has 0 spiro atoms. The number of nitrogens with two attached hydrogens (primary N) is 1. The van der Waals surface area contributed by atoms with E-state index in [9.17, 15) is 0 Å². The topological polar surface area (TPSA) is 44.5 Å². The molecule has 0 radical (unpaired) electrons. The molecule has 3 nitrogen and oxygen atoms in total. The Morgan fingerprint density at radius 3 is 2.59 bits per heavy atom. The molecule has 1 atom stereocenters. The molecule has 1 aliphatic heterocycles. The molecule has 4 heteroatoms. The first-order chi connectivity index (χ1) is 8.06. The largest absolute Gasteiger partial charge is 0.453 e. The Balaban J connectivity index is 2.16. The first-order valence-corrected chi connectivity index (χ1v) is 6.70. The summed E-state index contributed by atoms with van der Waals surface area (Å²) in [5, 5.41) is 0. The van der Waals surface area contributed by atoms with Crippen LogP contribution >= 0.6 is 15.9 Å². The molecule has 1 heterocycles. The number of halogens is 1. The molecule has 0 amide bonds. The van der Waals surface area contributed by atoms with Gasteiger partial charge in [-0.1, -0.05) is 0 Å². The van der Waals surface area contributed by atoms with E-state index in [0.717, 1.165) is 28.8 Å². The van der Waals surface area contributed by atoms with Gasteiger partial charge in [0.1, 0.15) is 0 Å². The van der Waals surface area contributed by atoms with Crippen molar-refractivity contribution in [2.24, 2.45) is 5.73 Å². The fraction of sp³-hybridized carbons (Fsp3) is 0.538. The minimum atomic E-state index is 0.146. The van der Waals surface area contributed by atoms with Crippen LogP contribution in [0.15, 0.2) is 10.5 Å². The zero-order chi connectivity index (χ0) is 12.2. The first-order valence-electron chi connectivity index (χ1n) is 5.91.